The van der Waals surface area contributed by atoms with E-state index in [2.05, 4.69) is 25.7 Å². The molecule has 0 aromatic heterocycles. The number of hydrogen-bond acceptors (Lipinski definition) is 2. The lowest BCUT2D eigenvalue weighted by atomic mass is 9.75. The zero-order valence-corrected chi connectivity index (χ0v) is 11.4. The molecule has 1 aliphatic heterocycles. The van der Waals surface area contributed by atoms with Gasteiger partial charge >= 0.3 is 0 Å². The van der Waals surface area contributed by atoms with Crippen LogP contribution in [0.25, 0.3) is 0 Å². The summed E-state index contributed by atoms with van der Waals surface area (Å²) in [5.74, 6) is 1.02. The first-order valence-electron chi connectivity index (χ1n) is 6.23. The molecule has 0 saturated carbocycles. The Hall–Kier alpha value is -0.570. The summed E-state index contributed by atoms with van der Waals surface area (Å²) < 4.78 is 0. The smallest absolute Gasteiger partial charge is 0.236 e. The second-order valence-corrected chi connectivity index (χ2v) is 6.20. The summed E-state index contributed by atoms with van der Waals surface area (Å²) in [5, 5.41) is 0. The lowest BCUT2D eigenvalue weighted by Gasteiger charge is -2.38. The predicted octanol–water partition coefficient (Wildman–Crippen LogP) is 1.83. The van der Waals surface area contributed by atoms with Crippen LogP contribution in [0.2, 0.25) is 0 Å². The molecule has 1 fully saturated rings. The molecule has 0 atom stereocenters. The average Bonchev–Trinajstić information content (AvgIpc) is 2.17. The minimum Gasteiger partial charge on any atom is -0.348 e. The van der Waals surface area contributed by atoms with Crippen LogP contribution in [0.15, 0.2) is 0 Å². The standard InChI is InChI=1S/C13H26N2O/c1-13(2,3)11-6-8-15(9-7-11)10-12(16)14(4)5/h11H,6-10H2,1-5H3. The first-order chi connectivity index (χ1) is 7.30. The van der Waals surface area contributed by atoms with Crippen molar-refractivity contribution in [3.8, 4) is 0 Å². The Morgan fingerprint density at radius 2 is 1.75 bits per heavy atom. The summed E-state index contributed by atoms with van der Waals surface area (Å²) in [4.78, 5) is 15.5. The van der Waals surface area contributed by atoms with Crippen LogP contribution in [-0.4, -0.2) is 49.4 Å². The molecule has 0 unspecified atom stereocenters. The molecule has 1 aliphatic rings. The minimum absolute atomic E-state index is 0.217. The van der Waals surface area contributed by atoms with Gasteiger partial charge < -0.3 is 4.90 Å². The largest absolute Gasteiger partial charge is 0.348 e. The van der Waals surface area contributed by atoms with Gasteiger partial charge in [-0.05, 0) is 37.3 Å². The molecule has 0 aromatic carbocycles. The van der Waals surface area contributed by atoms with Crippen molar-refractivity contribution >= 4 is 5.91 Å². The van der Waals surface area contributed by atoms with E-state index in [-0.39, 0.29) is 5.91 Å². The van der Waals surface area contributed by atoms with Crippen LogP contribution in [0.4, 0.5) is 0 Å². The number of hydrogen-bond donors (Lipinski definition) is 0. The maximum Gasteiger partial charge on any atom is 0.236 e. The van der Waals surface area contributed by atoms with E-state index in [1.807, 2.05) is 14.1 Å². The fourth-order valence-electron chi connectivity index (χ4n) is 2.29. The summed E-state index contributed by atoms with van der Waals surface area (Å²) in [6, 6.07) is 0. The van der Waals surface area contributed by atoms with Gasteiger partial charge in [0.1, 0.15) is 0 Å². The van der Waals surface area contributed by atoms with Crippen molar-refractivity contribution in [1.29, 1.82) is 0 Å². The van der Waals surface area contributed by atoms with Gasteiger partial charge in [0.05, 0.1) is 6.54 Å². The zero-order valence-electron chi connectivity index (χ0n) is 11.4. The molecule has 3 heteroatoms. The highest BCUT2D eigenvalue weighted by Gasteiger charge is 2.29. The third-order valence-corrected chi connectivity index (χ3v) is 3.67. The van der Waals surface area contributed by atoms with Crippen LogP contribution < -0.4 is 0 Å². The van der Waals surface area contributed by atoms with Crippen molar-refractivity contribution in [3.05, 3.63) is 0 Å². The van der Waals surface area contributed by atoms with Gasteiger partial charge in [0.15, 0.2) is 0 Å². The molecule has 3 nitrogen and oxygen atoms in total. The van der Waals surface area contributed by atoms with Gasteiger partial charge in [-0.15, -0.1) is 0 Å². The molecule has 0 radical (unpaired) electrons. The molecule has 1 rings (SSSR count). The van der Waals surface area contributed by atoms with Crippen LogP contribution in [0.3, 0.4) is 0 Å². The summed E-state index contributed by atoms with van der Waals surface area (Å²) in [5.41, 5.74) is 0.414. The van der Waals surface area contributed by atoms with Gasteiger partial charge in [0.25, 0.3) is 0 Å². The van der Waals surface area contributed by atoms with E-state index in [0.717, 1.165) is 19.0 Å². The van der Waals surface area contributed by atoms with E-state index in [1.54, 1.807) is 4.90 Å². The third kappa shape index (κ3) is 3.78. The Labute approximate surface area is 99.8 Å². The van der Waals surface area contributed by atoms with Gasteiger partial charge in [-0.1, -0.05) is 20.8 Å². The van der Waals surface area contributed by atoms with Crippen molar-refractivity contribution in [1.82, 2.24) is 9.80 Å². The van der Waals surface area contributed by atoms with E-state index in [4.69, 9.17) is 0 Å². The Balaban J connectivity index is 2.35. The molecular formula is C13H26N2O. The van der Waals surface area contributed by atoms with Gasteiger partial charge in [-0.25, -0.2) is 0 Å². The normalized spacial score (nSPS) is 19.8. The fourth-order valence-corrected chi connectivity index (χ4v) is 2.29. The monoisotopic (exact) mass is 226 g/mol. The second-order valence-electron chi connectivity index (χ2n) is 6.20. The topological polar surface area (TPSA) is 23.6 Å². The van der Waals surface area contributed by atoms with E-state index in [9.17, 15) is 4.79 Å². The zero-order chi connectivity index (χ0) is 12.3. The van der Waals surface area contributed by atoms with Gasteiger partial charge in [0.2, 0.25) is 5.91 Å². The number of carbonyl (C=O) groups is 1. The Bertz CT molecular complexity index is 235. The van der Waals surface area contributed by atoms with Crippen LogP contribution in [0.5, 0.6) is 0 Å². The SMILES string of the molecule is CN(C)C(=O)CN1CCC(C(C)(C)C)CC1. The number of likely N-dealkylation sites (N-methyl/N-ethyl adjacent to an activating group) is 1. The van der Waals surface area contributed by atoms with Crippen molar-refractivity contribution in [2.24, 2.45) is 11.3 Å². The van der Waals surface area contributed by atoms with Crippen molar-refractivity contribution in [2.45, 2.75) is 33.6 Å². The van der Waals surface area contributed by atoms with Crippen LogP contribution in [-0.2, 0) is 4.79 Å². The Kier molecular flexibility index (Phi) is 4.36. The molecule has 16 heavy (non-hydrogen) atoms. The number of carbonyl (C=O) groups excluding carboxylic acids is 1. The van der Waals surface area contributed by atoms with Crippen LogP contribution >= 0.6 is 0 Å². The molecule has 0 aliphatic carbocycles. The second kappa shape index (κ2) is 5.17. The van der Waals surface area contributed by atoms with E-state index in [0.29, 0.717) is 12.0 Å². The quantitative estimate of drug-likeness (QED) is 0.717. The summed E-state index contributed by atoms with van der Waals surface area (Å²) >= 11 is 0. The lowest BCUT2D eigenvalue weighted by Crippen LogP contribution is -2.43. The first kappa shape index (κ1) is 13.5. The lowest BCUT2D eigenvalue weighted by molar-refractivity contribution is -0.130. The molecule has 0 aromatic rings. The summed E-state index contributed by atoms with van der Waals surface area (Å²) in [6.07, 6.45) is 2.45. The molecule has 0 spiro atoms. The van der Waals surface area contributed by atoms with Crippen molar-refractivity contribution < 1.29 is 4.79 Å². The third-order valence-electron chi connectivity index (χ3n) is 3.67. The minimum atomic E-state index is 0.217. The molecule has 0 bridgehead atoms. The molecular weight excluding hydrogens is 200 g/mol. The maximum absolute atomic E-state index is 11.6. The van der Waals surface area contributed by atoms with E-state index in [1.165, 1.54) is 12.8 Å². The Morgan fingerprint density at radius 3 is 2.12 bits per heavy atom. The highest BCUT2D eigenvalue weighted by Crippen LogP contribution is 2.34. The average molecular weight is 226 g/mol. The molecule has 1 heterocycles. The number of nitrogens with zero attached hydrogens (tertiary/aromatic N) is 2. The summed E-state index contributed by atoms with van der Waals surface area (Å²) in [6.45, 7) is 9.68. The van der Waals surface area contributed by atoms with Crippen molar-refractivity contribution in [2.75, 3.05) is 33.7 Å². The number of piperidine rings is 1. The van der Waals surface area contributed by atoms with Gasteiger partial charge in [-0.3, -0.25) is 9.69 Å². The number of amides is 1. The van der Waals surface area contributed by atoms with E-state index < -0.39 is 0 Å². The first-order valence-corrected chi connectivity index (χ1v) is 6.23. The molecule has 0 N–H and O–H groups in total. The van der Waals surface area contributed by atoms with Crippen LogP contribution in [0, 0.1) is 11.3 Å². The molecule has 1 saturated heterocycles. The number of likely N-dealkylation sites (tertiary alicyclic amines) is 1. The van der Waals surface area contributed by atoms with Gasteiger partial charge in [-0.2, -0.15) is 0 Å². The van der Waals surface area contributed by atoms with E-state index >= 15 is 0 Å². The fraction of sp³-hybridized carbons (Fsp3) is 0.923. The Morgan fingerprint density at radius 1 is 1.25 bits per heavy atom. The van der Waals surface area contributed by atoms with Crippen molar-refractivity contribution in [3.63, 3.8) is 0 Å². The molecule has 94 valence electrons. The highest BCUT2D eigenvalue weighted by molar-refractivity contribution is 5.77. The highest BCUT2D eigenvalue weighted by atomic mass is 16.2. The predicted molar refractivity (Wildman–Crippen MR) is 67.3 cm³/mol. The summed E-state index contributed by atoms with van der Waals surface area (Å²) in [7, 11) is 3.65. The van der Waals surface area contributed by atoms with Crippen LogP contribution in [0.1, 0.15) is 33.6 Å². The van der Waals surface area contributed by atoms with Gasteiger partial charge in [0, 0.05) is 14.1 Å². The number of rotatable bonds is 2. The maximum atomic E-state index is 11.6. The molecule has 1 amide bonds.